The summed E-state index contributed by atoms with van der Waals surface area (Å²) < 4.78 is 36.8. The summed E-state index contributed by atoms with van der Waals surface area (Å²) in [5.74, 6) is -1.31. The number of anilines is 2. The summed E-state index contributed by atoms with van der Waals surface area (Å²) in [6, 6.07) is 15.4. The first-order valence-corrected chi connectivity index (χ1v) is 12.5. The first-order chi connectivity index (χ1) is 17.5. The van der Waals surface area contributed by atoms with Crippen molar-refractivity contribution in [2.75, 3.05) is 29.9 Å². The molecule has 1 N–H and O–H groups in total. The van der Waals surface area contributed by atoms with Crippen molar-refractivity contribution in [1.82, 2.24) is 0 Å². The first kappa shape index (κ1) is 27.7. The lowest BCUT2D eigenvalue weighted by Crippen LogP contribution is -2.26. The SMILES string of the molecule is CN(c1ccc(OCC(=O)OCC(=O)Nc2ccc(Cl)c([N+](=O)[O-])c2)cc1)S(=O)(=O)c1ccc(Cl)cc1. The highest BCUT2D eigenvalue weighted by molar-refractivity contribution is 7.92. The predicted molar refractivity (Wildman–Crippen MR) is 137 cm³/mol. The molecule has 0 unspecified atom stereocenters. The van der Waals surface area contributed by atoms with Gasteiger partial charge in [0.15, 0.2) is 13.2 Å². The van der Waals surface area contributed by atoms with Gasteiger partial charge in [0, 0.05) is 23.8 Å². The van der Waals surface area contributed by atoms with Gasteiger partial charge >= 0.3 is 5.97 Å². The lowest BCUT2D eigenvalue weighted by atomic mass is 10.3. The number of ether oxygens (including phenoxy) is 2. The van der Waals surface area contributed by atoms with E-state index in [9.17, 15) is 28.1 Å². The highest BCUT2D eigenvalue weighted by atomic mass is 35.5. The molecule has 0 aliphatic heterocycles. The maximum atomic E-state index is 12.8. The molecule has 0 radical (unpaired) electrons. The summed E-state index contributed by atoms with van der Waals surface area (Å²) in [5, 5.41) is 13.6. The number of amides is 1. The van der Waals surface area contributed by atoms with Gasteiger partial charge in [-0.2, -0.15) is 0 Å². The predicted octanol–water partition coefficient (Wildman–Crippen LogP) is 4.29. The monoisotopic (exact) mass is 567 g/mol. The number of hydrogen-bond donors (Lipinski definition) is 1. The van der Waals surface area contributed by atoms with E-state index in [1.54, 1.807) is 0 Å². The van der Waals surface area contributed by atoms with E-state index in [4.69, 9.17) is 32.7 Å². The van der Waals surface area contributed by atoms with Crippen molar-refractivity contribution in [3.05, 3.63) is 86.9 Å². The minimum atomic E-state index is -3.81. The quantitative estimate of drug-likeness (QED) is 0.217. The van der Waals surface area contributed by atoms with E-state index in [2.05, 4.69) is 5.32 Å². The highest BCUT2D eigenvalue weighted by Gasteiger charge is 2.21. The van der Waals surface area contributed by atoms with Gasteiger partial charge in [-0.05, 0) is 60.7 Å². The van der Waals surface area contributed by atoms with Crippen LogP contribution in [0.5, 0.6) is 5.75 Å². The smallest absolute Gasteiger partial charge is 0.344 e. The van der Waals surface area contributed by atoms with Crippen LogP contribution in [0.1, 0.15) is 0 Å². The third-order valence-corrected chi connectivity index (χ3v) is 7.19. The highest BCUT2D eigenvalue weighted by Crippen LogP contribution is 2.27. The fourth-order valence-corrected chi connectivity index (χ4v) is 4.42. The second kappa shape index (κ2) is 11.9. The van der Waals surface area contributed by atoms with E-state index in [1.165, 1.54) is 67.7 Å². The maximum Gasteiger partial charge on any atom is 0.344 e. The Balaban J connectivity index is 1.49. The van der Waals surface area contributed by atoms with Crippen molar-refractivity contribution in [3.8, 4) is 5.75 Å². The minimum absolute atomic E-state index is 0.0702. The third-order valence-electron chi connectivity index (χ3n) is 4.82. The molecule has 3 rings (SSSR count). The molecule has 0 spiro atoms. The maximum absolute atomic E-state index is 12.8. The van der Waals surface area contributed by atoms with Crippen LogP contribution in [-0.4, -0.2) is 45.5 Å². The van der Waals surface area contributed by atoms with Crippen molar-refractivity contribution < 1.29 is 32.4 Å². The van der Waals surface area contributed by atoms with Crippen LogP contribution in [0.3, 0.4) is 0 Å². The zero-order valence-electron chi connectivity index (χ0n) is 19.1. The normalized spacial score (nSPS) is 10.9. The summed E-state index contributed by atoms with van der Waals surface area (Å²) in [4.78, 5) is 34.2. The van der Waals surface area contributed by atoms with Gasteiger partial charge in [-0.25, -0.2) is 13.2 Å². The van der Waals surface area contributed by atoms with Crippen LogP contribution >= 0.6 is 23.2 Å². The number of nitro benzene ring substituents is 1. The summed E-state index contributed by atoms with van der Waals surface area (Å²) >= 11 is 11.5. The third kappa shape index (κ3) is 7.32. The van der Waals surface area contributed by atoms with Crippen molar-refractivity contribution in [2.24, 2.45) is 0 Å². The molecule has 0 bridgehead atoms. The molecular formula is C23H19Cl2N3O8S. The van der Waals surface area contributed by atoms with Crippen LogP contribution < -0.4 is 14.4 Å². The Labute approximate surface area is 221 Å². The van der Waals surface area contributed by atoms with Gasteiger partial charge in [-0.1, -0.05) is 23.2 Å². The van der Waals surface area contributed by atoms with Crippen LogP contribution in [0.25, 0.3) is 0 Å². The van der Waals surface area contributed by atoms with Gasteiger partial charge in [0.1, 0.15) is 10.8 Å². The van der Waals surface area contributed by atoms with Crippen LogP contribution in [0.15, 0.2) is 71.6 Å². The van der Waals surface area contributed by atoms with Crippen LogP contribution in [0.4, 0.5) is 17.1 Å². The number of benzene rings is 3. The fourth-order valence-electron chi connectivity index (χ4n) is 2.91. The molecule has 1 amide bonds. The summed E-state index contributed by atoms with van der Waals surface area (Å²) in [6.07, 6.45) is 0. The number of nitro groups is 1. The number of hydrogen-bond acceptors (Lipinski definition) is 8. The van der Waals surface area contributed by atoms with Gasteiger partial charge in [-0.3, -0.25) is 19.2 Å². The molecule has 3 aromatic carbocycles. The molecule has 0 heterocycles. The van der Waals surface area contributed by atoms with Crippen LogP contribution in [0, 0.1) is 10.1 Å². The van der Waals surface area contributed by atoms with Crippen LogP contribution in [-0.2, 0) is 24.3 Å². The van der Waals surface area contributed by atoms with E-state index in [0.29, 0.717) is 10.7 Å². The number of halogens is 2. The first-order valence-electron chi connectivity index (χ1n) is 10.3. The van der Waals surface area contributed by atoms with Gasteiger partial charge < -0.3 is 14.8 Å². The molecular weight excluding hydrogens is 549 g/mol. The Morgan fingerprint density at radius 2 is 1.65 bits per heavy atom. The van der Waals surface area contributed by atoms with E-state index in [1.807, 2.05) is 0 Å². The minimum Gasteiger partial charge on any atom is -0.482 e. The molecule has 0 aromatic heterocycles. The van der Waals surface area contributed by atoms with Crippen molar-refractivity contribution >= 4 is 62.2 Å². The topological polar surface area (TPSA) is 145 Å². The lowest BCUT2D eigenvalue weighted by Gasteiger charge is -2.20. The second-order valence-corrected chi connectivity index (χ2v) is 10.2. The number of sulfonamides is 1. The summed E-state index contributed by atoms with van der Waals surface area (Å²) in [7, 11) is -2.42. The lowest BCUT2D eigenvalue weighted by molar-refractivity contribution is -0.384. The average molecular weight is 568 g/mol. The fraction of sp³-hybridized carbons (Fsp3) is 0.130. The molecule has 194 valence electrons. The number of esters is 1. The Bertz CT molecular complexity index is 1410. The van der Waals surface area contributed by atoms with E-state index in [0.717, 1.165) is 10.4 Å². The Morgan fingerprint density at radius 1 is 1.00 bits per heavy atom. The molecule has 0 fully saturated rings. The molecule has 0 saturated carbocycles. The Hall–Kier alpha value is -3.87. The Kier molecular flexibility index (Phi) is 8.92. The molecule has 14 heteroatoms. The summed E-state index contributed by atoms with van der Waals surface area (Å²) in [6.45, 7) is -1.16. The molecule has 0 aliphatic carbocycles. The second-order valence-electron chi connectivity index (χ2n) is 7.34. The zero-order chi connectivity index (χ0) is 27.2. The molecule has 0 aliphatic rings. The van der Waals surface area contributed by atoms with Crippen molar-refractivity contribution in [2.45, 2.75) is 4.90 Å². The molecule has 37 heavy (non-hydrogen) atoms. The molecule has 0 saturated heterocycles. The molecule has 3 aromatic rings. The van der Waals surface area contributed by atoms with Gasteiger partial charge in [0.2, 0.25) is 0 Å². The number of rotatable bonds is 10. The summed E-state index contributed by atoms with van der Waals surface area (Å²) in [5.41, 5.74) is 0.0742. The number of carbonyl (C=O) groups is 2. The largest absolute Gasteiger partial charge is 0.482 e. The molecule has 0 atom stereocenters. The van der Waals surface area contributed by atoms with E-state index in [-0.39, 0.29) is 27.0 Å². The number of nitrogens with one attached hydrogen (secondary N) is 1. The number of carbonyl (C=O) groups excluding carboxylic acids is 2. The van der Waals surface area contributed by atoms with E-state index < -0.39 is 40.0 Å². The molecule has 11 nitrogen and oxygen atoms in total. The number of nitrogens with zero attached hydrogens (tertiary/aromatic N) is 2. The van der Waals surface area contributed by atoms with Crippen molar-refractivity contribution in [3.63, 3.8) is 0 Å². The van der Waals surface area contributed by atoms with Crippen LogP contribution in [0.2, 0.25) is 10.0 Å². The average Bonchev–Trinajstić information content (AvgIpc) is 2.87. The van der Waals surface area contributed by atoms with Gasteiger partial charge in [-0.15, -0.1) is 0 Å². The van der Waals surface area contributed by atoms with Crippen molar-refractivity contribution in [1.29, 1.82) is 0 Å². The zero-order valence-corrected chi connectivity index (χ0v) is 21.4. The standard InChI is InChI=1S/C23H19Cl2N3O8S/c1-27(37(33,34)19-9-2-15(24)3-10-19)17-5-7-18(8-6-17)35-14-23(30)36-13-22(29)26-16-4-11-20(25)21(12-16)28(31)32/h2-12H,13-14H2,1H3,(H,26,29). The van der Waals surface area contributed by atoms with Gasteiger partial charge in [0.05, 0.1) is 15.5 Å². The Morgan fingerprint density at radius 3 is 2.27 bits per heavy atom. The van der Waals surface area contributed by atoms with E-state index >= 15 is 0 Å². The van der Waals surface area contributed by atoms with Gasteiger partial charge in [0.25, 0.3) is 21.6 Å².